The number of aryl methyl sites for hydroxylation is 1. The monoisotopic (exact) mass is 370 g/mol. The van der Waals surface area contributed by atoms with E-state index in [1.807, 2.05) is 56.5 Å². The largest absolute Gasteiger partial charge is 0.339 e. The molecule has 2 amide bonds. The molecule has 2 heterocycles. The molecule has 0 bridgehead atoms. The van der Waals surface area contributed by atoms with Gasteiger partial charge in [-0.05, 0) is 42.0 Å². The van der Waals surface area contributed by atoms with E-state index in [1.165, 1.54) is 11.3 Å². The molecule has 0 unspecified atom stereocenters. The molecule has 0 aliphatic rings. The van der Waals surface area contributed by atoms with Crippen molar-refractivity contribution in [2.45, 2.75) is 33.2 Å². The van der Waals surface area contributed by atoms with Gasteiger partial charge in [-0.25, -0.2) is 4.98 Å². The van der Waals surface area contributed by atoms with Crippen molar-refractivity contribution in [3.63, 3.8) is 0 Å². The maximum absolute atomic E-state index is 12.8. The van der Waals surface area contributed by atoms with E-state index >= 15 is 0 Å². The molecule has 6 nitrogen and oxygen atoms in total. The zero-order valence-electron chi connectivity index (χ0n) is 15.0. The number of nitrogens with one attached hydrogen (secondary N) is 3. The average molecular weight is 370 g/mol. The molecule has 0 saturated carbocycles. The fourth-order valence-corrected chi connectivity index (χ4v) is 3.55. The van der Waals surface area contributed by atoms with Crippen molar-refractivity contribution in [3.8, 4) is 0 Å². The summed E-state index contributed by atoms with van der Waals surface area (Å²) < 4.78 is 0. The normalized spacial score (nSPS) is 13.3. The van der Waals surface area contributed by atoms with Crippen LogP contribution in [0.5, 0.6) is 0 Å². The van der Waals surface area contributed by atoms with Gasteiger partial charge in [0.05, 0.1) is 15.9 Å². The summed E-state index contributed by atoms with van der Waals surface area (Å²) in [6.45, 7) is 5.83. The number of para-hydroxylation sites is 2. The Morgan fingerprint density at radius 2 is 2.04 bits per heavy atom. The van der Waals surface area contributed by atoms with Crippen LogP contribution in [0.3, 0.4) is 0 Å². The second-order valence-electron chi connectivity index (χ2n) is 6.36. The van der Waals surface area contributed by atoms with Crippen LogP contribution in [0.15, 0.2) is 35.7 Å². The van der Waals surface area contributed by atoms with E-state index < -0.39 is 6.04 Å². The van der Waals surface area contributed by atoms with Gasteiger partial charge in [0.2, 0.25) is 11.9 Å². The first-order chi connectivity index (χ1) is 12.5. The molecule has 0 radical (unpaired) electrons. The van der Waals surface area contributed by atoms with Crippen LogP contribution in [-0.2, 0) is 4.79 Å². The Bertz CT molecular complexity index is 897. The summed E-state index contributed by atoms with van der Waals surface area (Å²) in [6.07, 6.45) is 0.766. The second-order valence-corrected chi connectivity index (χ2v) is 7.28. The van der Waals surface area contributed by atoms with Gasteiger partial charge in [-0.1, -0.05) is 32.4 Å². The van der Waals surface area contributed by atoms with Crippen molar-refractivity contribution >= 4 is 40.1 Å². The van der Waals surface area contributed by atoms with Crippen molar-refractivity contribution in [1.29, 1.82) is 0 Å². The highest BCUT2D eigenvalue weighted by Gasteiger charge is 2.27. The Kier molecular flexibility index (Phi) is 5.37. The van der Waals surface area contributed by atoms with Gasteiger partial charge in [-0.15, -0.1) is 11.3 Å². The SMILES string of the molecule is CC[C@@H](C)[C@@H](NC(=O)c1sccc1C)C(=O)Nc1nc2ccccc2[nH]1. The van der Waals surface area contributed by atoms with Gasteiger partial charge in [0.15, 0.2) is 0 Å². The molecule has 0 fully saturated rings. The van der Waals surface area contributed by atoms with E-state index in [4.69, 9.17) is 0 Å². The molecule has 3 rings (SSSR count). The van der Waals surface area contributed by atoms with Crippen LogP contribution in [0.1, 0.15) is 35.5 Å². The molecule has 26 heavy (non-hydrogen) atoms. The average Bonchev–Trinajstić information content (AvgIpc) is 3.23. The highest BCUT2D eigenvalue weighted by Crippen LogP contribution is 2.18. The molecule has 7 heteroatoms. The number of thiophene rings is 1. The summed E-state index contributed by atoms with van der Waals surface area (Å²) in [7, 11) is 0. The summed E-state index contributed by atoms with van der Waals surface area (Å²) in [5, 5.41) is 7.55. The molecule has 0 saturated heterocycles. The summed E-state index contributed by atoms with van der Waals surface area (Å²) in [4.78, 5) is 33.4. The lowest BCUT2D eigenvalue weighted by molar-refractivity contribution is -0.119. The van der Waals surface area contributed by atoms with Gasteiger partial charge in [0, 0.05) is 0 Å². The molecule has 0 aliphatic carbocycles. The number of aromatic nitrogens is 2. The summed E-state index contributed by atoms with van der Waals surface area (Å²) in [5.74, 6) is -0.127. The number of carbonyl (C=O) groups is 2. The van der Waals surface area contributed by atoms with Gasteiger partial charge < -0.3 is 10.3 Å². The summed E-state index contributed by atoms with van der Waals surface area (Å²) in [6, 6.07) is 8.81. The first-order valence-electron chi connectivity index (χ1n) is 8.60. The second kappa shape index (κ2) is 7.70. The predicted octanol–water partition coefficient (Wildman–Crippen LogP) is 3.72. The highest BCUT2D eigenvalue weighted by atomic mass is 32.1. The van der Waals surface area contributed by atoms with E-state index in [0.29, 0.717) is 10.8 Å². The lowest BCUT2D eigenvalue weighted by Gasteiger charge is -2.23. The Balaban J connectivity index is 1.77. The molecular weight excluding hydrogens is 348 g/mol. The zero-order valence-corrected chi connectivity index (χ0v) is 15.8. The first-order valence-corrected chi connectivity index (χ1v) is 9.48. The fraction of sp³-hybridized carbons (Fsp3) is 0.316. The molecule has 1 aromatic carbocycles. The Hall–Kier alpha value is -2.67. The van der Waals surface area contributed by atoms with E-state index in [0.717, 1.165) is 23.0 Å². The van der Waals surface area contributed by atoms with Crippen molar-refractivity contribution in [3.05, 3.63) is 46.2 Å². The number of fused-ring (bicyclic) bond motifs is 1. The molecule has 2 atom stereocenters. The third-order valence-electron chi connectivity index (χ3n) is 4.48. The number of nitrogens with zero attached hydrogens (tertiary/aromatic N) is 1. The molecule has 3 N–H and O–H groups in total. The molecule has 0 aliphatic heterocycles. The van der Waals surface area contributed by atoms with Gasteiger partial charge in [0.25, 0.3) is 5.91 Å². The molecular formula is C19H22N4O2S. The van der Waals surface area contributed by atoms with Crippen molar-refractivity contribution < 1.29 is 9.59 Å². The van der Waals surface area contributed by atoms with Crippen molar-refractivity contribution in [1.82, 2.24) is 15.3 Å². The number of imidazole rings is 1. The van der Waals surface area contributed by atoms with Gasteiger partial charge in [-0.3, -0.25) is 14.9 Å². The number of benzene rings is 1. The fourth-order valence-electron chi connectivity index (χ4n) is 2.72. The van der Waals surface area contributed by atoms with Crippen LogP contribution in [0.4, 0.5) is 5.95 Å². The van der Waals surface area contributed by atoms with Gasteiger partial charge in [-0.2, -0.15) is 0 Å². The molecule has 136 valence electrons. The van der Waals surface area contributed by atoms with Crippen LogP contribution in [0.2, 0.25) is 0 Å². The predicted molar refractivity (Wildman–Crippen MR) is 104 cm³/mol. The Morgan fingerprint density at radius 1 is 1.27 bits per heavy atom. The lowest BCUT2D eigenvalue weighted by atomic mass is 9.98. The Labute approximate surface area is 156 Å². The minimum atomic E-state index is -0.637. The smallest absolute Gasteiger partial charge is 0.262 e. The van der Waals surface area contributed by atoms with Crippen LogP contribution in [0, 0.1) is 12.8 Å². The number of amides is 2. The molecule has 3 aromatic rings. The number of hydrogen-bond acceptors (Lipinski definition) is 4. The topological polar surface area (TPSA) is 86.9 Å². The maximum atomic E-state index is 12.8. The summed E-state index contributed by atoms with van der Waals surface area (Å²) in [5.41, 5.74) is 2.54. The number of anilines is 1. The maximum Gasteiger partial charge on any atom is 0.262 e. The van der Waals surface area contributed by atoms with Crippen molar-refractivity contribution in [2.24, 2.45) is 5.92 Å². The van der Waals surface area contributed by atoms with E-state index in [-0.39, 0.29) is 17.7 Å². The van der Waals surface area contributed by atoms with Crippen molar-refractivity contribution in [2.75, 3.05) is 5.32 Å². The quantitative estimate of drug-likeness (QED) is 0.618. The van der Waals surface area contributed by atoms with Gasteiger partial charge >= 0.3 is 0 Å². The van der Waals surface area contributed by atoms with E-state index in [2.05, 4.69) is 20.6 Å². The zero-order chi connectivity index (χ0) is 18.7. The van der Waals surface area contributed by atoms with Crippen LogP contribution < -0.4 is 10.6 Å². The van der Waals surface area contributed by atoms with E-state index in [1.54, 1.807) is 0 Å². The Morgan fingerprint density at radius 3 is 2.69 bits per heavy atom. The number of hydrogen-bond donors (Lipinski definition) is 3. The first kappa shape index (κ1) is 18.1. The minimum absolute atomic E-state index is 0.0106. The number of carbonyl (C=O) groups excluding carboxylic acids is 2. The standard InChI is InChI=1S/C19H22N4O2S/c1-4-11(2)15(22-18(25)16-12(3)9-10-26-16)17(24)23-19-20-13-7-5-6-8-14(13)21-19/h5-11,15H,4H2,1-3H3,(H,22,25)(H2,20,21,23,24)/t11-,15-/m1/s1. The van der Waals surface area contributed by atoms with Crippen LogP contribution in [0.25, 0.3) is 11.0 Å². The minimum Gasteiger partial charge on any atom is -0.339 e. The number of aromatic amines is 1. The van der Waals surface area contributed by atoms with Crippen LogP contribution >= 0.6 is 11.3 Å². The highest BCUT2D eigenvalue weighted by molar-refractivity contribution is 7.12. The third kappa shape index (κ3) is 3.77. The van der Waals surface area contributed by atoms with Gasteiger partial charge in [0.1, 0.15) is 6.04 Å². The van der Waals surface area contributed by atoms with E-state index in [9.17, 15) is 9.59 Å². The number of H-pyrrole nitrogens is 1. The van der Waals surface area contributed by atoms with Crippen LogP contribution in [-0.4, -0.2) is 27.8 Å². The molecule has 0 spiro atoms. The number of rotatable bonds is 6. The third-order valence-corrected chi connectivity index (χ3v) is 5.50. The lowest BCUT2D eigenvalue weighted by Crippen LogP contribution is -2.47. The summed E-state index contributed by atoms with van der Waals surface area (Å²) >= 11 is 1.38. The molecule has 2 aromatic heterocycles.